The fourth-order valence-electron chi connectivity index (χ4n) is 3.60. The number of nitrogens with one attached hydrogen (secondary N) is 1. The van der Waals surface area contributed by atoms with Crippen molar-refractivity contribution in [2.75, 3.05) is 26.2 Å². The number of hydrogen-bond acceptors (Lipinski definition) is 4. The molecular formula is C24H24N2O5. The molecule has 0 radical (unpaired) electrons. The molecule has 1 aliphatic carbocycles. The van der Waals surface area contributed by atoms with Gasteiger partial charge in [0.2, 0.25) is 0 Å². The van der Waals surface area contributed by atoms with Crippen LogP contribution < -0.4 is 5.32 Å². The van der Waals surface area contributed by atoms with Gasteiger partial charge >= 0.3 is 12.1 Å². The summed E-state index contributed by atoms with van der Waals surface area (Å²) in [5, 5.41) is 11.2. The van der Waals surface area contributed by atoms with Crippen molar-refractivity contribution < 1.29 is 24.2 Å². The van der Waals surface area contributed by atoms with Gasteiger partial charge in [0.15, 0.2) is 0 Å². The Kier molecular flexibility index (Phi) is 7.28. The quantitative estimate of drug-likeness (QED) is 0.672. The predicted octanol–water partition coefficient (Wildman–Crippen LogP) is 2.85. The highest BCUT2D eigenvalue weighted by atomic mass is 16.5. The molecule has 0 aromatic heterocycles. The predicted molar refractivity (Wildman–Crippen MR) is 115 cm³/mol. The number of fused-ring (bicyclic) bond motifs is 3. The molecule has 0 atom stereocenters. The lowest BCUT2D eigenvalue weighted by atomic mass is 9.98. The van der Waals surface area contributed by atoms with Gasteiger partial charge in [-0.1, -0.05) is 54.5 Å². The molecule has 0 fully saturated rings. The van der Waals surface area contributed by atoms with Gasteiger partial charge in [-0.25, -0.2) is 4.79 Å². The van der Waals surface area contributed by atoms with E-state index in [0.29, 0.717) is 6.54 Å². The average Bonchev–Trinajstić information content (AvgIpc) is 3.09. The van der Waals surface area contributed by atoms with Crippen molar-refractivity contribution in [3.63, 3.8) is 0 Å². The van der Waals surface area contributed by atoms with Gasteiger partial charge in [0.25, 0.3) is 5.91 Å². The van der Waals surface area contributed by atoms with Crippen LogP contribution in [-0.4, -0.2) is 54.2 Å². The van der Waals surface area contributed by atoms with Gasteiger partial charge < -0.3 is 20.1 Å². The summed E-state index contributed by atoms with van der Waals surface area (Å²) in [5.74, 6) is 3.51. The molecule has 0 bridgehead atoms. The van der Waals surface area contributed by atoms with E-state index in [4.69, 9.17) is 9.84 Å². The van der Waals surface area contributed by atoms with E-state index in [1.54, 1.807) is 6.92 Å². The molecule has 7 nitrogen and oxygen atoms in total. The van der Waals surface area contributed by atoms with Gasteiger partial charge in [0.1, 0.15) is 6.61 Å². The Hall–Kier alpha value is -3.79. The van der Waals surface area contributed by atoms with Gasteiger partial charge in [-0.15, -0.1) is 0 Å². The van der Waals surface area contributed by atoms with Crippen LogP contribution in [0.5, 0.6) is 0 Å². The molecule has 2 aromatic rings. The first-order valence-electron chi connectivity index (χ1n) is 10.1. The van der Waals surface area contributed by atoms with Crippen molar-refractivity contribution in [1.82, 2.24) is 10.2 Å². The van der Waals surface area contributed by atoms with Crippen molar-refractivity contribution in [3.05, 3.63) is 59.7 Å². The summed E-state index contributed by atoms with van der Waals surface area (Å²) < 4.78 is 5.40. The van der Waals surface area contributed by atoms with Crippen LogP contribution >= 0.6 is 0 Å². The molecule has 0 heterocycles. The Balaban J connectivity index is 1.50. The molecule has 160 valence electrons. The molecule has 2 aromatic carbocycles. The SMILES string of the molecule is CCN(CCC(=O)O)C(=O)C#CCNC(=O)OCC1c2ccccc2-c2ccccc21. The van der Waals surface area contributed by atoms with Crippen LogP contribution in [0.15, 0.2) is 48.5 Å². The monoisotopic (exact) mass is 420 g/mol. The van der Waals surface area contributed by atoms with E-state index in [1.165, 1.54) is 4.90 Å². The number of benzene rings is 2. The Morgan fingerprint density at radius 3 is 2.26 bits per heavy atom. The Labute approximate surface area is 181 Å². The maximum Gasteiger partial charge on any atom is 0.407 e. The molecule has 3 rings (SSSR count). The lowest BCUT2D eigenvalue weighted by molar-refractivity contribution is -0.137. The number of aliphatic carboxylic acids is 1. The Morgan fingerprint density at radius 1 is 1.06 bits per heavy atom. The number of rotatable bonds is 7. The zero-order valence-electron chi connectivity index (χ0n) is 17.3. The number of carboxylic acid groups (broad SMARTS) is 1. The van der Waals surface area contributed by atoms with E-state index in [2.05, 4.69) is 29.3 Å². The van der Waals surface area contributed by atoms with Crippen LogP contribution in [0.3, 0.4) is 0 Å². The van der Waals surface area contributed by atoms with Crippen molar-refractivity contribution in [3.8, 4) is 23.0 Å². The lowest BCUT2D eigenvalue weighted by Crippen LogP contribution is -2.32. The molecule has 0 spiro atoms. The molecular weight excluding hydrogens is 396 g/mol. The minimum atomic E-state index is -0.976. The second-order valence-electron chi connectivity index (χ2n) is 7.01. The third-order valence-electron chi connectivity index (χ3n) is 5.12. The zero-order chi connectivity index (χ0) is 22.2. The number of carbonyl (C=O) groups is 3. The topological polar surface area (TPSA) is 95.9 Å². The van der Waals surface area contributed by atoms with Gasteiger partial charge in [-0.2, -0.15) is 0 Å². The number of hydrogen-bond donors (Lipinski definition) is 2. The number of carboxylic acids is 1. The first-order chi connectivity index (χ1) is 15.0. The molecule has 0 saturated heterocycles. The highest BCUT2D eigenvalue weighted by Gasteiger charge is 2.28. The van der Waals surface area contributed by atoms with Crippen LogP contribution in [0.25, 0.3) is 11.1 Å². The molecule has 0 unspecified atom stereocenters. The molecule has 2 N–H and O–H groups in total. The van der Waals surface area contributed by atoms with Crippen LogP contribution in [-0.2, 0) is 14.3 Å². The minimum absolute atomic E-state index is 0.0295. The van der Waals surface area contributed by atoms with Crippen LogP contribution in [0.2, 0.25) is 0 Å². The Bertz CT molecular complexity index is 992. The van der Waals surface area contributed by atoms with Crippen LogP contribution in [0, 0.1) is 11.8 Å². The van der Waals surface area contributed by atoms with E-state index < -0.39 is 18.0 Å². The Morgan fingerprint density at radius 2 is 1.68 bits per heavy atom. The largest absolute Gasteiger partial charge is 0.481 e. The van der Waals surface area contributed by atoms with Crippen LogP contribution in [0.1, 0.15) is 30.4 Å². The van der Waals surface area contributed by atoms with Crippen molar-refractivity contribution in [2.24, 2.45) is 0 Å². The summed E-state index contributed by atoms with van der Waals surface area (Å²) in [6.07, 6.45) is -0.749. The van der Waals surface area contributed by atoms with Gasteiger partial charge in [0.05, 0.1) is 13.0 Å². The first-order valence-corrected chi connectivity index (χ1v) is 10.1. The normalized spacial score (nSPS) is 11.5. The molecule has 7 heteroatoms. The molecule has 0 aliphatic heterocycles. The first kappa shape index (κ1) is 21.9. The molecule has 0 saturated carbocycles. The van der Waals surface area contributed by atoms with E-state index in [1.807, 2.05) is 36.4 Å². The molecule has 2 amide bonds. The average molecular weight is 420 g/mol. The van der Waals surface area contributed by atoms with Crippen molar-refractivity contribution in [2.45, 2.75) is 19.3 Å². The number of carbonyl (C=O) groups excluding carboxylic acids is 2. The maximum atomic E-state index is 12.1. The van der Waals surface area contributed by atoms with Gasteiger partial charge in [-0.3, -0.25) is 9.59 Å². The summed E-state index contributed by atoms with van der Waals surface area (Å²) >= 11 is 0. The van der Waals surface area contributed by atoms with Crippen molar-refractivity contribution >= 4 is 18.0 Å². The number of alkyl carbamates (subject to hydrolysis) is 1. The second kappa shape index (κ2) is 10.3. The third-order valence-corrected chi connectivity index (χ3v) is 5.12. The summed E-state index contributed by atoms with van der Waals surface area (Å²) in [6, 6.07) is 16.2. The highest BCUT2D eigenvalue weighted by Crippen LogP contribution is 2.44. The van der Waals surface area contributed by atoms with E-state index in [9.17, 15) is 14.4 Å². The smallest absolute Gasteiger partial charge is 0.407 e. The number of nitrogens with zero attached hydrogens (tertiary/aromatic N) is 1. The number of amides is 2. The lowest BCUT2D eigenvalue weighted by Gasteiger charge is -2.16. The fraction of sp³-hybridized carbons (Fsp3) is 0.292. The zero-order valence-corrected chi connectivity index (χ0v) is 17.3. The highest BCUT2D eigenvalue weighted by molar-refractivity contribution is 5.93. The summed E-state index contributed by atoms with van der Waals surface area (Å²) in [5.41, 5.74) is 4.56. The second-order valence-corrected chi connectivity index (χ2v) is 7.01. The third kappa shape index (κ3) is 5.43. The molecule has 31 heavy (non-hydrogen) atoms. The summed E-state index contributed by atoms with van der Waals surface area (Å²) in [4.78, 5) is 36.0. The van der Waals surface area contributed by atoms with E-state index in [0.717, 1.165) is 22.3 Å². The van der Waals surface area contributed by atoms with Gasteiger partial charge in [0, 0.05) is 19.0 Å². The van der Waals surface area contributed by atoms with E-state index >= 15 is 0 Å². The van der Waals surface area contributed by atoms with Crippen molar-refractivity contribution in [1.29, 1.82) is 0 Å². The fourth-order valence-corrected chi connectivity index (χ4v) is 3.60. The molecule has 1 aliphatic rings. The van der Waals surface area contributed by atoms with Crippen LogP contribution in [0.4, 0.5) is 4.79 Å². The summed E-state index contributed by atoms with van der Waals surface area (Å²) in [6.45, 7) is 2.36. The minimum Gasteiger partial charge on any atom is -0.481 e. The van der Waals surface area contributed by atoms with Gasteiger partial charge in [-0.05, 0) is 35.1 Å². The standard InChI is InChI=1S/C24H24N2O5/c1-2-26(15-13-23(28)29)22(27)12-7-14-25-24(30)31-16-21-19-10-5-3-8-17(19)18-9-4-6-11-20(18)21/h3-6,8-11,21H,2,13-16H2,1H3,(H,25,30)(H,28,29). The number of ether oxygens (including phenoxy) is 1. The maximum absolute atomic E-state index is 12.1. The summed E-state index contributed by atoms with van der Waals surface area (Å²) in [7, 11) is 0. The van der Waals surface area contributed by atoms with E-state index in [-0.39, 0.29) is 32.0 Å².